The lowest BCUT2D eigenvalue weighted by atomic mass is 10.1. The molecule has 14 nitrogen and oxygen atoms in total. The fourth-order valence-electron chi connectivity index (χ4n) is 3.69. The Kier molecular flexibility index (Phi) is 7.76. The molecule has 2 unspecified atom stereocenters. The molecule has 1 aliphatic rings. The van der Waals surface area contributed by atoms with Crippen molar-refractivity contribution in [2.24, 2.45) is 0 Å². The number of nitro benzene ring substituents is 1. The third kappa shape index (κ3) is 5.44. The van der Waals surface area contributed by atoms with E-state index < -0.39 is 53.5 Å². The number of hydrogen-bond acceptors (Lipinski definition) is 11. The minimum absolute atomic E-state index is 0.0173. The molecule has 190 valence electrons. The number of aliphatic hydroxyl groups is 1. The van der Waals surface area contributed by atoms with E-state index in [0.717, 1.165) is 10.6 Å². The van der Waals surface area contributed by atoms with Crippen LogP contribution in [0.4, 0.5) is 10.5 Å². The molecule has 1 aliphatic heterocycles. The molecular weight excluding hydrogens is 470 g/mol. The van der Waals surface area contributed by atoms with Gasteiger partial charge in [0, 0.05) is 18.2 Å². The topological polar surface area (TPSA) is 181 Å². The normalized spacial score (nSPS) is 20.2. The van der Waals surface area contributed by atoms with Gasteiger partial charge in [0.2, 0.25) is 0 Å². The highest BCUT2D eigenvalue weighted by atomic mass is 16.7. The van der Waals surface area contributed by atoms with E-state index in [1.807, 2.05) is 0 Å². The first kappa shape index (κ1) is 25.7. The number of aryl methyl sites for hydroxylation is 1. The fraction of sp³-hybridized carbons (Fsp3) is 0.476. The standard InChI is InChI=1S/C21H25N3O11/c1-10-8-23(20(27)22-19(10)26)18-7-16(17(9-25)34-18)35-21(28)33-11(2)12-5-14(31-3)15(32-4)6-13(12)24(29)30/h5-6,8,11,16-18,25H,7,9H2,1-4H3,(H,22,26,27)/t11?,16?,17-,18-/m1/s1. The third-order valence-electron chi connectivity index (χ3n) is 5.50. The fourth-order valence-corrected chi connectivity index (χ4v) is 3.69. The predicted octanol–water partition coefficient (Wildman–Crippen LogP) is 1.33. The van der Waals surface area contributed by atoms with Crippen LogP contribution in [0.2, 0.25) is 0 Å². The molecule has 0 amide bonds. The number of aromatic amines is 1. The Morgan fingerprint density at radius 2 is 1.97 bits per heavy atom. The molecule has 2 heterocycles. The van der Waals surface area contributed by atoms with E-state index in [2.05, 4.69) is 4.98 Å². The number of H-pyrrole nitrogens is 1. The zero-order valence-electron chi connectivity index (χ0n) is 19.4. The van der Waals surface area contributed by atoms with Crippen LogP contribution in [0.3, 0.4) is 0 Å². The molecule has 1 aromatic heterocycles. The van der Waals surface area contributed by atoms with Crippen LogP contribution in [-0.4, -0.2) is 58.8 Å². The first-order chi connectivity index (χ1) is 16.6. The molecule has 1 aromatic carbocycles. The number of ether oxygens (including phenoxy) is 5. The number of rotatable bonds is 8. The van der Waals surface area contributed by atoms with Crippen LogP contribution >= 0.6 is 0 Å². The minimum atomic E-state index is -1.17. The summed E-state index contributed by atoms with van der Waals surface area (Å²) in [5.41, 5.74) is -1.31. The number of aliphatic hydroxyl groups excluding tert-OH is 1. The maximum absolute atomic E-state index is 12.5. The smallest absolute Gasteiger partial charge is 0.493 e. The molecule has 35 heavy (non-hydrogen) atoms. The zero-order chi connectivity index (χ0) is 25.9. The van der Waals surface area contributed by atoms with E-state index >= 15 is 0 Å². The van der Waals surface area contributed by atoms with Gasteiger partial charge in [-0.25, -0.2) is 9.59 Å². The Morgan fingerprint density at radius 3 is 2.57 bits per heavy atom. The van der Waals surface area contributed by atoms with E-state index in [1.54, 1.807) is 0 Å². The number of nitrogens with one attached hydrogen (secondary N) is 1. The number of aromatic nitrogens is 2. The van der Waals surface area contributed by atoms with Crippen molar-refractivity contribution in [3.63, 3.8) is 0 Å². The maximum Gasteiger partial charge on any atom is 0.509 e. The lowest BCUT2D eigenvalue weighted by Crippen LogP contribution is -2.33. The molecule has 2 N–H and O–H groups in total. The average molecular weight is 495 g/mol. The highest BCUT2D eigenvalue weighted by Crippen LogP contribution is 2.38. The van der Waals surface area contributed by atoms with Crippen molar-refractivity contribution >= 4 is 11.8 Å². The van der Waals surface area contributed by atoms with Gasteiger partial charge in [0.25, 0.3) is 11.2 Å². The summed E-state index contributed by atoms with van der Waals surface area (Å²) in [6, 6.07) is 2.48. The summed E-state index contributed by atoms with van der Waals surface area (Å²) in [5, 5.41) is 21.2. The van der Waals surface area contributed by atoms with Gasteiger partial charge in [0.15, 0.2) is 11.5 Å². The number of nitro groups is 1. The monoisotopic (exact) mass is 495 g/mol. The summed E-state index contributed by atoms with van der Waals surface area (Å²) in [7, 11) is 2.68. The van der Waals surface area contributed by atoms with Crippen LogP contribution in [0.1, 0.15) is 36.8 Å². The number of nitrogens with zero attached hydrogens (tertiary/aromatic N) is 2. The largest absolute Gasteiger partial charge is 0.509 e. The van der Waals surface area contributed by atoms with Crippen LogP contribution in [0.25, 0.3) is 0 Å². The molecule has 14 heteroatoms. The second-order valence-corrected chi connectivity index (χ2v) is 7.72. The maximum atomic E-state index is 12.5. The lowest BCUT2D eigenvalue weighted by molar-refractivity contribution is -0.386. The SMILES string of the molecule is COc1cc(C(C)OC(=O)OC2C[C@H](n3cc(C)c(=O)[nH]c3=O)O[C@@H]2CO)c([N+](=O)[O-])cc1OC. The average Bonchev–Trinajstić information content (AvgIpc) is 3.22. The summed E-state index contributed by atoms with van der Waals surface area (Å²) >= 11 is 0. The van der Waals surface area contributed by atoms with Gasteiger partial charge < -0.3 is 28.8 Å². The van der Waals surface area contributed by atoms with Crippen molar-refractivity contribution in [1.29, 1.82) is 0 Å². The Bertz CT molecular complexity index is 1220. The number of methoxy groups -OCH3 is 2. The summed E-state index contributed by atoms with van der Waals surface area (Å²) in [6.07, 6.45) is -3.88. The molecular formula is C21H25N3O11. The van der Waals surface area contributed by atoms with Crippen LogP contribution in [0.15, 0.2) is 27.9 Å². The second kappa shape index (κ2) is 10.6. The Morgan fingerprint density at radius 1 is 1.31 bits per heavy atom. The van der Waals surface area contributed by atoms with Gasteiger partial charge in [0.05, 0.1) is 37.4 Å². The van der Waals surface area contributed by atoms with Crippen LogP contribution in [0, 0.1) is 17.0 Å². The Balaban J connectivity index is 1.75. The molecule has 0 radical (unpaired) electrons. The van der Waals surface area contributed by atoms with Crippen LogP contribution in [0.5, 0.6) is 11.5 Å². The lowest BCUT2D eigenvalue weighted by Gasteiger charge is -2.19. The van der Waals surface area contributed by atoms with E-state index in [0.29, 0.717) is 0 Å². The molecule has 0 saturated carbocycles. The number of hydrogen-bond donors (Lipinski definition) is 2. The van der Waals surface area contributed by atoms with Crippen molar-refractivity contribution in [1.82, 2.24) is 9.55 Å². The van der Waals surface area contributed by atoms with E-state index in [4.69, 9.17) is 23.7 Å². The summed E-state index contributed by atoms with van der Waals surface area (Å²) in [4.78, 5) is 49.3. The molecule has 0 bridgehead atoms. The van der Waals surface area contributed by atoms with Gasteiger partial charge in [-0.15, -0.1) is 0 Å². The van der Waals surface area contributed by atoms with E-state index in [9.17, 15) is 29.6 Å². The van der Waals surface area contributed by atoms with Gasteiger partial charge in [-0.05, 0) is 19.9 Å². The molecule has 1 saturated heterocycles. The van der Waals surface area contributed by atoms with E-state index in [-0.39, 0.29) is 34.7 Å². The van der Waals surface area contributed by atoms with Gasteiger partial charge in [-0.2, -0.15) is 0 Å². The van der Waals surface area contributed by atoms with Gasteiger partial charge >= 0.3 is 11.8 Å². The van der Waals surface area contributed by atoms with Gasteiger partial charge in [-0.1, -0.05) is 0 Å². The number of carbonyl (C=O) groups is 1. The first-order valence-corrected chi connectivity index (χ1v) is 10.5. The van der Waals surface area contributed by atoms with Crippen molar-refractivity contribution in [3.8, 4) is 11.5 Å². The van der Waals surface area contributed by atoms with Crippen molar-refractivity contribution < 1.29 is 38.5 Å². The number of benzene rings is 1. The number of carbonyl (C=O) groups excluding carboxylic acids is 1. The predicted molar refractivity (Wildman–Crippen MR) is 118 cm³/mol. The quantitative estimate of drug-likeness (QED) is 0.306. The summed E-state index contributed by atoms with van der Waals surface area (Å²) in [6.45, 7) is 2.39. The second-order valence-electron chi connectivity index (χ2n) is 7.72. The molecule has 0 aliphatic carbocycles. The highest BCUT2D eigenvalue weighted by molar-refractivity contribution is 5.62. The summed E-state index contributed by atoms with van der Waals surface area (Å²) in [5.74, 6) is 0.330. The Hall–Kier alpha value is -3.91. The third-order valence-corrected chi connectivity index (χ3v) is 5.50. The molecule has 4 atom stereocenters. The minimum Gasteiger partial charge on any atom is -0.493 e. The van der Waals surface area contributed by atoms with E-state index in [1.165, 1.54) is 40.3 Å². The highest BCUT2D eigenvalue weighted by Gasteiger charge is 2.40. The van der Waals surface area contributed by atoms with Crippen LogP contribution in [-0.2, 0) is 14.2 Å². The zero-order valence-corrected chi connectivity index (χ0v) is 19.4. The van der Waals surface area contributed by atoms with Crippen molar-refractivity contribution in [2.75, 3.05) is 20.8 Å². The first-order valence-electron chi connectivity index (χ1n) is 10.5. The van der Waals surface area contributed by atoms with Gasteiger partial charge in [0.1, 0.15) is 24.5 Å². The van der Waals surface area contributed by atoms with Crippen LogP contribution < -0.4 is 20.7 Å². The van der Waals surface area contributed by atoms with Crippen molar-refractivity contribution in [2.45, 2.75) is 44.8 Å². The Labute approximate surface area is 198 Å². The van der Waals surface area contributed by atoms with Gasteiger partial charge in [-0.3, -0.25) is 24.5 Å². The molecule has 2 aromatic rings. The van der Waals surface area contributed by atoms with Crippen molar-refractivity contribution in [3.05, 3.63) is 60.4 Å². The molecule has 1 fully saturated rings. The molecule has 3 rings (SSSR count). The summed E-state index contributed by atoms with van der Waals surface area (Å²) < 4.78 is 27.5. The molecule has 0 spiro atoms.